The van der Waals surface area contributed by atoms with E-state index in [4.69, 9.17) is 0 Å². The number of rotatable bonds is 0. The summed E-state index contributed by atoms with van der Waals surface area (Å²) in [6, 6.07) is 3.87. The van der Waals surface area contributed by atoms with Gasteiger partial charge in [-0.3, -0.25) is 0 Å². The second-order valence-corrected chi connectivity index (χ2v) is 3.46. The predicted molar refractivity (Wildman–Crippen MR) is 54.8 cm³/mol. The fraction of sp³-hybridized carbons (Fsp3) is 0.125. The Labute approximate surface area is 83.4 Å². The molecule has 0 aliphatic heterocycles. The minimum atomic E-state index is 0.769. The maximum Gasteiger partial charge on any atom is 0.163 e. The third-order valence-electron chi connectivity index (χ3n) is 1.54. The normalized spacial score (nSPS) is 10.5. The molecule has 0 aliphatic rings. The molecular formula is C8H6IN3. The van der Waals surface area contributed by atoms with Crippen LogP contribution in [0.3, 0.4) is 0 Å². The molecule has 2 heterocycles. The SMILES string of the molecule is Cc1nc(I)c2cccnc2n1. The van der Waals surface area contributed by atoms with E-state index in [9.17, 15) is 0 Å². The zero-order valence-electron chi connectivity index (χ0n) is 6.45. The van der Waals surface area contributed by atoms with Gasteiger partial charge in [0.1, 0.15) is 9.53 Å². The summed E-state index contributed by atoms with van der Waals surface area (Å²) in [5.41, 5.74) is 0.773. The average molecular weight is 271 g/mol. The van der Waals surface area contributed by atoms with Crippen LogP contribution in [0.25, 0.3) is 11.0 Å². The monoisotopic (exact) mass is 271 g/mol. The molecule has 0 bridgehead atoms. The molecule has 2 rings (SSSR count). The molecule has 3 nitrogen and oxygen atoms in total. The molecule has 2 aromatic heterocycles. The molecule has 0 spiro atoms. The van der Waals surface area contributed by atoms with E-state index in [1.165, 1.54) is 0 Å². The van der Waals surface area contributed by atoms with Crippen molar-refractivity contribution in [1.29, 1.82) is 0 Å². The molecule has 0 aliphatic carbocycles. The average Bonchev–Trinajstić information content (AvgIpc) is 2.04. The Morgan fingerprint density at radius 3 is 3.00 bits per heavy atom. The van der Waals surface area contributed by atoms with Crippen LogP contribution in [-0.2, 0) is 0 Å². The number of pyridine rings is 1. The van der Waals surface area contributed by atoms with Gasteiger partial charge in [-0.1, -0.05) is 0 Å². The van der Waals surface area contributed by atoms with E-state index in [2.05, 4.69) is 37.5 Å². The van der Waals surface area contributed by atoms with Gasteiger partial charge in [0, 0.05) is 6.20 Å². The van der Waals surface area contributed by atoms with Gasteiger partial charge < -0.3 is 0 Å². The van der Waals surface area contributed by atoms with Gasteiger partial charge in [-0.05, 0) is 41.6 Å². The smallest absolute Gasteiger partial charge is 0.163 e. The van der Waals surface area contributed by atoms with Crippen molar-refractivity contribution in [1.82, 2.24) is 15.0 Å². The Hall–Kier alpha value is -0.780. The van der Waals surface area contributed by atoms with E-state index in [-0.39, 0.29) is 0 Å². The van der Waals surface area contributed by atoms with Crippen molar-refractivity contribution in [3.63, 3.8) is 0 Å². The minimum absolute atomic E-state index is 0.769. The lowest BCUT2D eigenvalue weighted by Crippen LogP contribution is -1.94. The van der Waals surface area contributed by atoms with Crippen LogP contribution in [0.4, 0.5) is 0 Å². The number of hydrogen-bond donors (Lipinski definition) is 0. The minimum Gasteiger partial charge on any atom is -0.236 e. The standard InChI is InChI=1S/C8H6IN3/c1-5-11-7(9)6-3-2-4-10-8(6)12-5/h2-4H,1H3. The van der Waals surface area contributed by atoms with E-state index in [1.54, 1.807) is 6.20 Å². The summed E-state index contributed by atoms with van der Waals surface area (Å²) >= 11 is 2.19. The topological polar surface area (TPSA) is 38.7 Å². The lowest BCUT2D eigenvalue weighted by Gasteiger charge is -1.98. The Kier molecular flexibility index (Phi) is 1.92. The lowest BCUT2D eigenvalue weighted by atomic mass is 10.3. The Morgan fingerprint density at radius 2 is 2.17 bits per heavy atom. The summed E-state index contributed by atoms with van der Waals surface area (Å²) < 4.78 is 0.961. The van der Waals surface area contributed by atoms with E-state index >= 15 is 0 Å². The quantitative estimate of drug-likeness (QED) is 0.543. The van der Waals surface area contributed by atoms with Gasteiger partial charge in [-0.15, -0.1) is 0 Å². The maximum absolute atomic E-state index is 4.24. The summed E-state index contributed by atoms with van der Waals surface area (Å²) in [5.74, 6) is 0.769. The largest absolute Gasteiger partial charge is 0.236 e. The van der Waals surface area contributed by atoms with Crippen molar-refractivity contribution in [3.8, 4) is 0 Å². The van der Waals surface area contributed by atoms with Crippen molar-refractivity contribution >= 4 is 33.6 Å². The van der Waals surface area contributed by atoms with Gasteiger partial charge in [-0.25, -0.2) is 15.0 Å². The Balaban J connectivity index is 2.89. The first-order valence-corrected chi connectivity index (χ1v) is 4.60. The number of hydrogen-bond acceptors (Lipinski definition) is 3. The van der Waals surface area contributed by atoms with E-state index < -0.39 is 0 Å². The molecule has 12 heavy (non-hydrogen) atoms. The van der Waals surface area contributed by atoms with E-state index in [0.717, 1.165) is 20.6 Å². The van der Waals surface area contributed by atoms with Gasteiger partial charge in [0.15, 0.2) is 5.65 Å². The number of halogens is 1. The first-order chi connectivity index (χ1) is 5.77. The summed E-state index contributed by atoms with van der Waals surface area (Å²) in [6.07, 6.45) is 1.74. The molecule has 0 N–H and O–H groups in total. The zero-order valence-corrected chi connectivity index (χ0v) is 8.61. The van der Waals surface area contributed by atoms with Crippen molar-refractivity contribution < 1.29 is 0 Å². The second kappa shape index (κ2) is 2.93. The molecule has 2 aromatic rings. The molecule has 0 aromatic carbocycles. The van der Waals surface area contributed by atoms with Crippen molar-refractivity contribution in [3.05, 3.63) is 27.9 Å². The lowest BCUT2D eigenvalue weighted by molar-refractivity contribution is 1.05. The maximum atomic E-state index is 4.24. The van der Waals surface area contributed by atoms with Crippen LogP contribution >= 0.6 is 22.6 Å². The molecule has 0 atom stereocenters. The highest BCUT2D eigenvalue weighted by molar-refractivity contribution is 14.1. The highest BCUT2D eigenvalue weighted by atomic mass is 127. The fourth-order valence-corrected chi connectivity index (χ4v) is 1.80. The van der Waals surface area contributed by atoms with Gasteiger partial charge in [0.25, 0.3) is 0 Å². The number of aryl methyl sites for hydroxylation is 1. The van der Waals surface area contributed by atoms with Crippen LogP contribution in [0.1, 0.15) is 5.82 Å². The molecule has 0 fully saturated rings. The summed E-state index contributed by atoms with van der Waals surface area (Å²) in [4.78, 5) is 12.6. The van der Waals surface area contributed by atoms with Crippen molar-refractivity contribution in [2.24, 2.45) is 0 Å². The van der Waals surface area contributed by atoms with Crippen molar-refractivity contribution in [2.75, 3.05) is 0 Å². The van der Waals surface area contributed by atoms with Crippen molar-refractivity contribution in [2.45, 2.75) is 6.92 Å². The van der Waals surface area contributed by atoms with E-state index in [1.807, 2.05) is 19.1 Å². The van der Waals surface area contributed by atoms with E-state index in [0.29, 0.717) is 0 Å². The van der Waals surface area contributed by atoms with Gasteiger partial charge >= 0.3 is 0 Å². The van der Waals surface area contributed by atoms with Crippen LogP contribution in [0.5, 0.6) is 0 Å². The zero-order chi connectivity index (χ0) is 8.55. The molecule has 0 saturated carbocycles. The summed E-state index contributed by atoms with van der Waals surface area (Å²) in [6.45, 7) is 1.87. The Bertz CT molecular complexity index is 428. The third kappa shape index (κ3) is 1.26. The number of fused-ring (bicyclic) bond motifs is 1. The molecule has 60 valence electrons. The molecule has 0 amide bonds. The van der Waals surface area contributed by atoms with Crippen LogP contribution in [0.2, 0.25) is 0 Å². The fourth-order valence-electron chi connectivity index (χ4n) is 1.03. The molecule has 0 radical (unpaired) electrons. The molecule has 4 heteroatoms. The Morgan fingerprint density at radius 1 is 1.33 bits per heavy atom. The first kappa shape index (κ1) is 7.85. The number of nitrogens with zero attached hydrogens (tertiary/aromatic N) is 3. The number of aromatic nitrogens is 3. The van der Waals surface area contributed by atoms with Gasteiger partial charge in [-0.2, -0.15) is 0 Å². The summed E-state index contributed by atoms with van der Waals surface area (Å²) in [7, 11) is 0. The highest BCUT2D eigenvalue weighted by Crippen LogP contribution is 2.14. The van der Waals surface area contributed by atoms with Crippen LogP contribution < -0.4 is 0 Å². The third-order valence-corrected chi connectivity index (χ3v) is 2.36. The highest BCUT2D eigenvalue weighted by Gasteiger charge is 2.01. The van der Waals surface area contributed by atoms with Crippen LogP contribution in [0.15, 0.2) is 18.3 Å². The molecule has 0 unspecified atom stereocenters. The van der Waals surface area contributed by atoms with Gasteiger partial charge in [0.2, 0.25) is 0 Å². The predicted octanol–water partition coefficient (Wildman–Crippen LogP) is 1.94. The molecular weight excluding hydrogens is 265 g/mol. The van der Waals surface area contributed by atoms with Crippen LogP contribution in [0, 0.1) is 10.6 Å². The van der Waals surface area contributed by atoms with Gasteiger partial charge in [0.05, 0.1) is 5.39 Å². The second-order valence-electron chi connectivity index (χ2n) is 2.44. The van der Waals surface area contributed by atoms with Crippen LogP contribution in [-0.4, -0.2) is 15.0 Å². The first-order valence-electron chi connectivity index (χ1n) is 3.52. The molecule has 0 saturated heterocycles. The summed E-state index contributed by atoms with van der Waals surface area (Å²) in [5, 5.41) is 1.02.